The van der Waals surface area contributed by atoms with E-state index in [1.165, 1.54) is 30.9 Å². The molecule has 1 unspecified atom stereocenters. The summed E-state index contributed by atoms with van der Waals surface area (Å²) < 4.78 is 5.34. The molecule has 4 heteroatoms. The molecule has 0 fully saturated rings. The Bertz CT molecular complexity index is 857. The van der Waals surface area contributed by atoms with Gasteiger partial charge in [0.2, 0.25) is 5.91 Å². The fraction of sp³-hybridized carbons (Fsp3) is 0.391. The number of hydrogen-bond acceptors (Lipinski definition) is 3. The van der Waals surface area contributed by atoms with E-state index in [4.69, 9.17) is 4.74 Å². The lowest BCUT2D eigenvalue weighted by Crippen LogP contribution is -2.28. The minimum absolute atomic E-state index is 0.0262. The molecule has 1 atom stereocenters. The van der Waals surface area contributed by atoms with E-state index in [1.807, 2.05) is 6.92 Å². The monoisotopic (exact) mass is 365 g/mol. The fourth-order valence-electron chi connectivity index (χ4n) is 3.71. The number of amides is 1. The summed E-state index contributed by atoms with van der Waals surface area (Å²) in [4.78, 5) is 24.2. The lowest BCUT2D eigenvalue weighted by atomic mass is 9.89. The zero-order valence-corrected chi connectivity index (χ0v) is 16.3. The van der Waals surface area contributed by atoms with Gasteiger partial charge >= 0.3 is 0 Å². The van der Waals surface area contributed by atoms with Gasteiger partial charge in [0.15, 0.2) is 5.78 Å². The SMILES string of the molecule is COc1ccc(C(C)=O)cc1CC(=O)NC(C)c1ccc2c(c1)CCCC2. The molecule has 1 aliphatic rings. The van der Waals surface area contributed by atoms with Crippen LogP contribution in [0.25, 0.3) is 0 Å². The third-order valence-electron chi connectivity index (χ3n) is 5.29. The van der Waals surface area contributed by atoms with Crippen LogP contribution in [0.4, 0.5) is 0 Å². The van der Waals surface area contributed by atoms with E-state index >= 15 is 0 Å². The maximum Gasteiger partial charge on any atom is 0.225 e. The Hall–Kier alpha value is -2.62. The van der Waals surface area contributed by atoms with Crippen molar-refractivity contribution in [1.29, 1.82) is 0 Å². The van der Waals surface area contributed by atoms with Crippen molar-refractivity contribution in [1.82, 2.24) is 5.32 Å². The van der Waals surface area contributed by atoms with E-state index in [0.29, 0.717) is 11.3 Å². The molecular weight excluding hydrogens is 338 g/mol. The highest BCUT2D eigenvalue weighted by Gasteiger charge is 2.16. The summed E-state index contributed by atoms with van der Waals surface area (Å²) in [7, 11) is 1.57. The number of carbonyl (C=O) groups excluding carboxylic acids is 2. The first kappa shape index (κ1) is 19.2. The number of Topliss-reactive ketones (excluding diaryl/α,β-unsaturated/α-hetero) is 1. The highest BCUT2D eigenvalue weighted by atomic mass is 16.5. The van der Waals surface area contributed by atoms with Gasteiger partial charge in [-0.25, -0.2) is 0 Å². The summed E-state index contributed by atoms with van der Waals surface area (Å²) in [6, 6.07) is 11.7. The van der Waals surface area contributed by atoms with Crippen molar-refractivity contribution in [3.8, 4) is 5.75 Å². The molecule has 27 heavy (non-hydrogen) atoms. The van der Waals surface area contributed by atoms with Crippen LogP contribution in [0.1, 0.15) is 65.3 Å². The standard InChI is InChI=1S/C23H27NO3/c1-15(18-9-8-17-6-4-5-7-20(17)12-18)24-23(26)14-21-13-19(16(2)25)10-11-22(21)27-3/h8-13,15H,4-7,14H2,1-3H3,(H,24,26). The van der Waals surface area contributed by atoms with Gasteiger partial charge in [0.25, 0.3) is 0 Å². The van der Waals surface area contributed by atoms with Crippen LogP contribution < -0.4 is 10.1 Å². The fourth-order valence-corrected chi connectivity index (χ4v) is 3.71. The predicted molar refractivity (Wildman–Crippen MR) is 106 cm³/mol. The molecule has 142 valence electrons. The molecular formula is C23H27NO3. The number of ketones is 1. The topological polar surface area (TPSA) is 55.4 Å². The van der Waals surface area contributed by atoms with Crippen LogP contribution in [-0.4, -0.2) is 18.8 Å². The number of aryl methyl sites for hydroxylation is 2. The van der Waals surface area contributed by atoms with Gasteiger partial charge in [0, 0.05) is 11.1 Å². The first-order chi connectivity index (χ1) is 13.0. The van der Waals surface area contributed by atoms with E-state index in [0.717, 1.165) is 24.0 Å². The van der Waals surface area contributed by atoms with Gasteiger partial charge in [0.1, 0.15) is 5.75 Å². The average molecular weight is 365 g/mol. The largest absolute Gasteiger partial charge is 0.496 e. The summed E-state index contributed by atoms with van der Waals surface area (Å²) in [6.07, 6.45) is 4.96. The highest BCUT2D eigenvalue weighted by molar-refractivity contribution is 5.94. The van der Waals surface area contributed by atoms with Gasteiger partial charge < -0.3 is 10.1 Å². The Morgan fingerprint density at radius 2 is 1.81 bits per heavy atom. The number of benzene rings is 2. The lowest BCUT2D eigenvalue weighted by molar-refractivity contribution is -0.121. The number of nitrogens with one attached hydrogen (secondary N) is 1. The van der Waals surface area contributed by atoms with Gasteiger partial charge in [-0.1, -0.05) is 18.2 Å². The normalized spacial score (nSPS) is 14.2. The highest BCUT2D eigenvalue weighted by Crippen LogP contribution is 2.25. The van der Waals surface area contributed by atoms with Gasteiger partial charge in [-0.3, -0.25) is 9.59 Å². The van der Waals surface area contributed by atoms with Crippen LogP contribution in [0, 0.1) is 0 Å². The average Bonchev–Trinajstić information content (AvgIpc) is 2.67. The molecule has 0 saturated heterocycles. The minimum Gasteiger partial charge on any atom is -0.496 e. The van der Waals surface area contributed by atoms with Crippen LogP contribution in [0.2, 0.25) is 0 Å². The molecule has 1 N–H and O–H groups in total. The first-order valence-electron chi connectivity index (χ1n) is 9.57. The van der Waals surface area contributed by atoms with E-state index < -0.39 is 0 Å². The molecule has 0 aromatic heterocycles. The van der Waals surface area contributed by atoms with Gasteiger partial charge in [-0.2, -0.15) is 0 Å². The van der Waals surface area contributed by atoms with Crippen molar-refractivity contribution >= 4 is 11.7 Å². The zero-order chi connectivity index (χ0) is 19.4. The van der Waals surface area contributed by atoms with Gasteiger partial charge in [-0.05, 0) is 74.4 Å². The molecule has 0 saturated carbocycles. The molecule has 1 aliphatic carbocycles. The number of rotatable bonds is 6. The Morgan fingerprint density at radius 3 is 2.52 bits per heavy atom. The van der Waals surface area contributed by atoms with Crippen molar-refractivity contribution in [3.05, 3.63) is 64.2 Å². The van der Waals surface area contributed by atoms with Crippen LogP contribution in [0.5, 0.6) is 5.75 Å². The molecule has 0 radical (unpaired) electrons. The van der Waals surface area contributed by atoms with Crippen molar-refractivity contribution in [2.75, 3.05) is 7.11 Å². The van der Waals surface area contributed by atoms with Gasteiger partial charge in [0.05, 0.1) is 19.6 Å². The molecule has 3 rings (SSSR count). The summed E-state index contributed by atoms with van der Waals surface area (Å²) >= 11 is 0. The Labute approximate surface area is 160 Å². The van der Waals surface area contributed by atoms with E-state index in [2.05, 4.69) is 23.5 Å². The number of hydrogen-bond donors (Lipinski definition) is 1. The number of fused-ring (bicyclic) bond motifs is 1. The summed E-state index contributed by atoms with van der Waals surface area (Å²) in [6.45, 7) is 3.52. The van der Waals surface area contributed by atoms with Crippen LogP contribution in [-0.2, 0) is 24.1 Å². The molecule has 2 aromatic carbocycles. The maximum atomic E-state index is 12.6. The Kier molecular flexibility index (Phi) is 5.94. The third kappa shape index (κ3) is 4.57. The molecule has 2 aromatic rings. The third-order valence-corrected chi connectivity index (χ3v) is 5.29. The lowest BCUT2D eigenvalue weighted by Gasteiger charge is -2.20. The Balaban J connectivity index is 1.70. The van der Waals surface area contributed by atoms with E-state index in [9.17, 15) is 9.59 Å². The summed E-state index contributed by atoms with van der Waals surface area (Å²) in [5.74, 6) is 0.512. The van der Waals surface area contributed by atoms with E-state index in [-0.39, 0.29) is 24.2 Å². The number of methoxy groups -OCH3 is 1. The number of carbonyl (C=O) groups is 2. The quantitative estimate of drug-likeness (QED) is 0.781. The zero-order valence-electron chi connectivity index (χ0n) is 16.3. The van der Waals surface area contributed by atoms with Crippen LogP contribution >= 0.6 is 0 Å². The van der Waals surface area contributed by atoms with Crippen LogP contribution in [0.15, 0.2) is 36.4 Å². The number of ether oxygens (including phenoxy) is 1. The maximum absolute atomic E-state index is 12.6. The predicted octanol–water partition coefficient (Wildman–Crippen LogP) is 4.20. The van der Waals surface area contributed by atoms with E-state index in [1.54, 1.807) is 25.3 Å². The van der Waals surface area contributed by atoms with Crippen molar-refractivity contribution in [2.24, 2.45) is 0 Å². The second-order valence-electron chi connectivity index (χ2n) is 7.28. The molecule has 4 nitrogen and oxygen atoms in total. The van der Waals surface area contributed by atoms with Crippen molar-refractivity contribution in [3.63, 3.8) is 0 Å². The molecule has 0 aliphatic heterocycles. The van der Waals surface area contributed by atoms with Crippen LogP contribution in [0.3, 0.4) is 0 Å². The summed E-state index contributed by atoms with van der Waals surface area (Å²) in [5, 5.41) is 3.07. The smallest absolute Gasteiger partial charge is 0.225 e. The molecule has 0 spiro atoms. The van der Waals surface area contributed by atoms with Crippen molar-refractivity contribution in [2.45, 2.75) is 52.0 Å². The molecule has 1 amide bonds. The minimum atomic E-state index is -0.0841. The van der Waals surface area contributed by atoms with Crippen molar-refractivity contribution < 1.29 is 14.3 Å². The second kappa shape index (κ2) is 8.38. The Morgan fingerprint density at radius 1 is 1.07 bits per heavy atom. The first-order valence-corrected chi connectivity index (χ1v) is 9.57. The summed E-state index contributed by atoms with van der Waals surface area (Å²) in [5.41, 5.74) is 5.29. The van der Waals surface area contributed by atoms with Gasteiger partial charge in [-0.15, -0.1) is 0 Å². The molecule has 0 heterocycles. The molecule has 0 bridgehead atoms. The second-order valence-corrected chi connectivity index (χ2v) is 7.28.